The zero-order chi connectivity index (χ0) is 19.6. The summed E-state index contributed by atoms with van der Waals surface area (Å²) in [6.45, 7) is 9.47. The van der Waals surface area contributed by atoms with Gasteiger partial charge in [0.25, 0.3) is 0 Å². The smallest absolute Gasteiger partial charge is 0.410 e. The maximum atomic E-state index is 13.4. The fourth-order valence-corrected chi connectivity index (χ4v) is 3.63. The monoisotopic (exact) mass is 366 g/mol. The zero-order valence-electron chi connectivity index (χ0n) is 16.5. The number of likely N-dealkylation sites (tertiary alicyclic amines) is 1. The number of carbonyl (C=O) groups is 3. The molecule has 0 saturated carbocycles. The first-order chi connectivity index (χ1) is 12.1. The van der Waals surface area contributed by atoms with Gasteiger partial charge in [-0.1, -0.05) is 19.1 Å². The number of hydrogen-bond donors (Lipinski definition) is 0. The van der Waals surface area contributed by atoms with Gasteiger partial charge in [0.2, 0.25) is 5.91 Å². The van der Waals surface area contributed by atoms with Gasteiger partial charge < -0.3 is 14.4 Å². The Morgan fingerprint density at radius 2 is 1.96 bits per heavy atom. The highest BCUT2D eigenvalue weighted by molar-refractivity contribution is 5.91. The molecule has 2 aliphatic heterocycles. The molecule has 0 radical (unpaired) electrons. The zero-order valence-corrected chi connectivity index (χ0v) is 16.5. The van der Waals surface area contributed by atoms with Gasteiger partial charge in [0.05, 0.1) is 13.2 Å². The summed E-state index contributed by atoms with van der Waals surface area (Å²) in [7, 11) is 1.31. The van der Waals surface area contributed by atoms with Crippen molar-refractivity contribution < 1.29 is 23.9 Å². The molecule has 2 rings (SSSR count). The first-order valence-electron chi connectivity index (χ1n) is 9.18. The van der Waals surface area contributed by atoms with Gasteiger partial charge in [0, 0.05) is 12.5 Å². The molecule has 1 fully saturated rings. The normalized spacial score (nSPS) is 27.0. The topological polar surface area (TPSA) is 76.2 Å². The van der Waals surface area contributed by atoms with E-state index in [9.17, 15) is 14.4 Å². The third-order valence-corrected chi connectivity index (χ3v) is 4.90. The van der Waals surface area contributed by atoms with Crippen LogP contribution in [-0.4, -0.2) is 65.2 Å². The fourth-order valence-electron chi connectivity index (χ4n) is 3.63. The van der Waals surface area contributed by atoms with Crippen molar-refractivity contribution in [2.45, 2.75) is 71.2 Å². The molecule has 0 aliphatic carbocycles. The quantitative estimate of drug-likeness (QED) is 0.566. The van der Waals surface area contributed by atoms with Crippen molar-refractivity contribution in [3.63, 3.8) is 0 Å². The molecule has 2 amide bonds. The molecule has 4 atom stereocenters. The van der Waals surface area contributed by atoms with E-state index in [1.165, 1.54) is 12.0 Å². The van der Waals surface area contributed by atoms with Crippen molar-refractivity contribution in [3.05, 3.63) is 12.2 Å². The molecule has 0 aromatic carbocycles. The minimum Gasteiger partial charge on any atom is -0.467 e. The second-order valence-corrected chi connectivity index (χ2v) is 7.88. The van der Waals surface area contributed by atoms with Crippen molar-refractivity contribution in [1.82, 2.24) is 9.80 Å². The Morgan fingerprint density at radius 1 is 1.31 bits per heavy atom. The molecule has 1 unspecified atom stereocenters. The van der Waals surface area contributed by atoms with Crippen LogP contribution in [0, 0.1) is 5.92 Å². The second-order valence-electron chi connectivity index (χ2n) is 7.88. The van der Waals surface area contributed by atoms with E-state index in [0.29, 0.717) is 19.4 Å². The Balaban J connectivity index is 2.34. The van der Waals surface area contributed by atoms with Gasteiger partial charge >= 0.3 is 12.1 Å². The van der Waals surface area contributed by atoms with Crippen molar-refractivity contribution in [2.24, 2.45) is 5.92 Å². The van der Waals surface area contributed by atoms with Crippen LogP contribution in [0.5, 0.6) is 0 Å². The van der Waals surface area contributed by atoms with E-state index in [-0.39, 0.29) is 17.9 Å². The third-order valence-electron chi connectivity index (χ3n) is 4.90. The molecule has 0 aromatic rings. The molecule has 0 aromatic heterocycles. The molecule has 1 saturated heterocycles. The van der Waals surface area contributed by atoms with Crippen LogP contribution in [-0.2, 0) is 19.1 Å². The van der Waals surface area contributed by atoms with Crippen LogP contribution >= 0.6 is 0 Å². The number of esters is 1. The molecule has 2 heterocycles. The van der Waals surface area contributed by atoms with Crippen molar-refractivity contribution in [3.8, 4) is 0 Å². The molecule has 2 aliphatic rings. The summed E-state index contributed by atoms with van der Waals surface area (Å²) in [4.78, 5) is 41.1. The highest BCUT2D eigenvalue weighted by Crippen LogP contribution is 2.33. The number of hydrogen-bond acceptors (Lipinski definition) is 5. The molecule has 0 bridgehead atoms. The van der Waals surface area contributed by atoms with Crippen LogP contribution in [0.3, 0.4) is 0 Å². The predicted octanol–water partition coefficient (Wildman–Crippen LogP) is 2.35. The maximum Gasteiger partial charge on any atom is 0.410 e. The van der Waals surface area contributed by atoms with E-state index >= 15 is 0 Å². The number of rotatable bonds is 3. The van der Waals surface area contributed by atoms with Crippen LogP contribution in [0.1, 0.15) is 47.5 Å². The highest BCUT2D eigenvalue weighted by atomic mass is 16.6. The Kier molecular flexibility index (Phi) is 5.98. The minimum absolute atomic E-state index is 0.0704. The number of methoxy groups -OCH3 is 1. The average molecular weight is 366 g/mol. The lowest BCUT2D eigenvalue weighted by atomic mass is 9.99. The maximum absolute atomic E-state index is 13.4. The van der Waals surface area contributed by atoms with Crippen molar-refractivity contribution in [1.29, 1.82) is 0 Å². The van der Waals surface area contributed by atoms with Gasteiger partial charge in [-0.3, -0.25) is 9.69 Å². The summed E-state index contributed by atoms with van der Waals surface area (Å²) < 4.78 is 10.3. The number of ether oxygens (including phenoxy) is 2. The van der Waals surface area contributed by atoms with Crippen LogP contribution in [0.2, 0.25) is 0 Å². The molecular weight excluding hydrogens is 336 g/mol. The Hall–Kier alpha value is -2.05. The number of fused-ring (bicyclic) bond motifs is 1. The SMILES string of the molecule is CC[C@@H]1C=C[C@H]2CCN(C(=O)OC(C)(C)C)[C@@H]2C(=O)N1C(C)C(=O)OC. The summed E-state index contributed by atoms with van der Waals surface area (Å²) in [5.41, 5.74) is -0.635. The van der Waals surface area contributed by atoms with Gasteiger partial charge in [0.15, 0.2) is 0 Å². The Bertz CT molecular complexity index is 595. The third kappa shape index (κ3) is 4.02. The van der Waals surface area contributed by atoms with Crippen molar-refractivity contribution >= 4 is 18.0 Å². The number of amides is 2. The van der Waals surface area contributed by atoms with Gasteiger partial charge in [-0.25, -0.2) is 9.59 Å². The Morgan fingerprint density at radius 3 is 2.50 bits per heavy atom. The van der Waals surface area contributed by atoms with Gasteiger partial charge in [-0.2, -0.15) is 0 Å². The van der Waals surface area contributed by atoms with Crippen LogP contribution < -0.4 is 0 Å². The second kappa shape index (κ2) is 7.68. The van der Waals surface area contributed by atoms with E-state index in [0.717, 1.165) is 0 Å². The molecule has 26 heavy (non-hydrogen) atoms. The van der Waals surface area contributed by atoms with E-state index in [1.807, 2.05) is 19.1 Å². The summed E-state index contributed by atoms with van der Waals surface area (Å²) in [5.74, 6) is -0.766. The standard InChI is InChI=1S/C19H30N2O5/c1-7-14-9-8-13-10-11-20(18(24)26-19(3,4)5)15(13)16(22)21(14)12(2)17(23)25-6/h8-9,12-15H,7,10-11H2,1-6H3/t12?,13-,14+,15-/m0/s1. The molecule has 146 valence electrons. The minimum atomic E-state index is -0.720. The molecular formula is C19H30N2O5. The van der Waals surface area contributed by atoms with Gasteiger partial charge in [-0.05, 0) is 40.5 Å². The first kappa shape index (κ1) is 20.3. The molecule has 7 nitrogen and oxygen atoms in total. The van der Waals surface area contributed by atoms with Crippen LogP contribution in [0.25, 0.3) is 0 Å². The summed E-state index contributed by atoms with van der Waals surface area (Å²) in [5, 5.41) is 0. The first-order valence-corrected chi connectivity index (χ1v) is 9.18. The van der Waals surface area contributed by atoms with Gasteiger partial charge in [-0.15, -0.1) is 0 Å². The predicted molar refractivity (Wildman–Crippen MR) is 96.4 cm³/mol. The van der Waals surface area contributed by atoms with Crippen LogP contribution in [0.4, 0.5) is 4.79 Å². The summed E-state index contributed by atoms with van der Waals surface area (Å²) in [6, 6.07) is -1.57. The molecule has 0 spiro atoms. The number of carbonyl (C=O) groups excluding carboxylic acids is 3. The lowest BCUT2D eigenvalue weighted by molar-refractivity contribution is -0.155. The van der Waals surface area contributed by atoms with E-state index in [1.54, 1.807) is 32.6 Å². The number of nitrogens with zero attached hydrogens (tertiary/aromatic N) is 2. The van der Waals surface area contributed by atoms with E-state index < -0.39 is 29.7 Å². The summed E-state index contributed by atoms with van der Waals surface area (Å²) >= 11 is 0. The Labute approximate surface area is 155 Å². The van der Waals surface area contributed by atoms with Crippen molar-refractivity contribution in [2.75, 3.05) is 13.7 Å². The lowest BCUT2D eigenvalue weighted by Gasteiger charge is -2.36. The summed E-state index contributed by atoms with van der Waals surface area (Å²) in [6.07, 6.45) is 4.86. The van der Waals surface area contributed by atoms with Crippen LogP contribution in [0.15, 0.2) is 12.2 Å². The average Bonchev–Trinajstić information content (AvgIpc) is 2.93. The highest BCUT2D eigenvalue weighted by Gasteiger charge is 2.48. The fraction of sp³-hybridized carbons (Fsp3) is 0.737. The van der Waals surface area contributed by atoms with E-state index in [2.05, 4.69) is 0 Å². The molecule has 7 heteroatoms. The van der Waals surface area contributed by atoms with E-state index in [4.69, 9.17) is 9.47 Å². The molecule has 0 N–H and O–H groups in total. The van der Waals surface area contributed by atoms with Gasteiger partial charge in [0.1, 0.15) is 17.7 Å². The largest absolute Gasteiger partial charge is 0.467 e. The lowest BCUT2D eigenvalue weighted by Crippen LogP contribution is -2.56.